The van der Waals surface area contributed by atoms with E-state index < -0.39 is 4.92 Å². The minimum absolute atomic E-state index is 0.0512. The van der Waals surface area contributed by atoms with Gasteiger partial charge < -0.3 is 15.4 Å². The molecular weight excluding hydrogens is 274 g/mol. The zero-order valence-electron chi connectivity index (χ0n) is 12.1. The first-order chi connectivity index (χ1) is 10.1. The summed E-state index contributed by atoms with van der Waals surface area (Å²) in [5, 5.41) is 16.6. The lowest BCUT2D eigenvalue weighted by Crippen LogP contribution is -2.33. The van der Waals surface area contributed by atoms with Gasteiger partial charge in [-0.3, -0.25) is 14.9 Å². The van der Waals surface area contributed by atoms with E-state index in [9.17, 15) is 14.9 Å². The summed E-state index contributed by atoms with van der Waals surface area (Å²) >= 11 is 0. The highest BCUT2D eigenvalue weighted by atomic mass is 16.6. The number of carbonyl (C=O) groups excluding carboxylic acids is 1. The Labute approximate surface area is 123 Å². The van der Waals surface area contributed by atoms with Gasteiger partial charge in [0.15, 0.2) is 0 Å². The van der Waals surface area contributed by atoms with E-state index in [1.54, 1.807) is 19.2 Å². The molecule has 0 saturated carbocycles. The van der Waals surface area contributed by atoms with Crippen LogP contribution in [0.25, 0.3) is 0 Å². The van der Waals surface area contributed by atoms with Crippen molar-refractivity contribution in [3.05, 3.63) is 39.9 Å². The van der Waals surface area contributed by atoms with Gasteiger partial charge in [0.05, 0.1) is 11.5 Å². The van der Waals surface area contributed by atoms with Gasteiger partial charge >= 0.3 is 0 Å². The van der Waals surface area contributed by atoms with Crippen molar-refractivity contribution in [2.24, 2.45) is 0 Å². The second-order valence-corrected chi connectivity index (χ2v) is 4.52. The number of hydrogen-bond donors (Lipinski definition) is 2. The molecule has 1 aromatic carbocycles. The van der Waals surface area contributed by atoms with E-state index in [0.717, 1.165) is 12.1 Å². The summed E-state index contributed by atoms with van der Waals surface area (Å²) in [5.41, 5.74) is 0.841. The number of hydrogen-bond acceptors (Lipinski definition) is 5. The van der Waals surface area contributed by atoms with Crippen LogP contribution in [0.1, 0.15) is 12.0 Å². The number of benzene rings is 1. The number of aryl methyl sites for hydroxylation is 1. The lowest BCUT2D eigenvalue weighted by atomic mass is 10.1. The molecule has 1 aromatic rings. The van der Waals surface area contributed by atoms with E-state index in [-0.39, 0.29) is 11.6 Å². The van der Waals surface area contributed by atoms with Gasteiger partial charge in [-0.1, -0.05) is 12.1 Å². The Morgan fingerprint density at radius 1 is 1.33 bits per heavy atom. The number of non-ortho nitro benzene ring substituents is 1. The standard InChI is InChI=1S/C14H21N3O4/c1-21-10-9-15-7-8-16-14(18)6-5-12-3-2-4-13(11-12)17(19)20/h2-4,11,15H,5-10H2,1H3,(H,16,18). The van der Waals surface area contributed by atoms with E-state index in [1.165, 1.54) is 12.1 Å². The Morgan fingerprint density at radius 2 is 2.14 bits per heavy atom. The lowest BCUT2D eigenvalue weighted by Gasteiger charge is -2.06. The van der Waals surface area contributed by atoms with Gasteiger partial charge in [0, 0.05) is 45.3 Å². The SMILES string of the molecule is COCCNCCNC(=O)CCc1cccc([N+](=O)[O-])c1. The van der Waals surface area contributed by atoms with Crippen molar-refractivity contribution in [3.8, 4) is 0 Å². The van der Waals surface area contributed by atoms with Crippen molar-refractivity contribution in [1.82, 2.24) is 10.6 Å². The summed E-state index contributed by atoms with van der Waals surface area (Å²) < 4.78 is 4.89. The molecule has 0 aromatic heterocycles. The molecule has 0 saturated heterocycles. The molecule has 0 spiro atoms. The fourth-order valence-electron chi connectivity index (χ4n) is 1.76. The molecule has 0 aliphatic heterocycles. The maximum Gasteiger partial charge on any atom is 0.269 e. The summed E-state index contributed by atoms with van der Waals surface area (Å²) in [7, 11) is 1.64. The monoisotopic (exact) mass is 295 g/mol. The molecule has 0 atom stereocenters. The van der Waals surface area contributed by atoms with Gasteiger partial charge in [-0.05, 0) is 12.0 Å². The number of nitrogens with one attached hydrogen (secondary N) is 2. The molecule has 0 bridgehead atoms. The van der Waals surface area contributed by atoms with Crippen molar-refractivity contribution in [2.45, 2.75) is 12.8 Å². The molecule has 2 N–H and O–H groups in total. The van der Waals surface area contributed by atoms with Crippen LogP contribution in [0.5, 0.6) is 0 Å². The van der Waals surface area contributed by atoms with Crippen LogP contribution in [0.15, 0.2) is 24.3 Å². The van der Waals surface area contributed by atoms with Gasteiger partial charge in [-0.15, -0.1) is 0 Å². The van der Waals surface area contributed by atoms with Crippen LogP contribution in [-0.4, -0.2) is 44.2 Å². The third kappa shape index (κ3) is 7.38. The fraction of sp³-hybridized carbons (Fsp3) is 0.500. The predicted octanol–water partition coefficient (Wildman–Crippen LogP) is 0.880. The summed E-state index contributed by atoms with van der Waals surface area (Å²) in [5.74, 6) is -0.0601. The Kier molecular flexibility index (Phi) is 8.00. The normalized spacial score (nSPS) is 10.3. The first-order valence-electron chi connectivity index (χ1n) is 6.83. The number of nitrogens with zero attached hydrogens (tertiary/aromatic N) is 1. The quantitative estimate of drug-likeness (QED) is 0.380. The van der Waals surface area contributed by atoms with Gasteiger partial charge in [0.2, 0.25) is 5.91 Å². The second kappa shape index (κ2) is 9.84. The van der Waals surface area contributed by atoms with Crippen LogP contribution >= 0.6 is 0 Å². The van der Waals surface area contributed by atoms with Crippen molar-refractivity contribution in [2.75, 3.05) is 33.4 Å². The summed E-state index contributed by atoms with van der Waals surface area (Å²) in [6.07, 6.45) is 0.809. The minimum atomic E-state index is -0.435. The molecule has 7 nitrogen and oxygen atoms in total. The smallest absolute Gasteiger partial charge is 0.269 e. The Morgan fingerprint density at radius 3 is 2.86 bits per heavy atom. The molecule has 116 valence electrons. The number of carbonyl (C=O) groups is 1. The molecule has 0 aliphatic rings. The van der Waals surface area contributed by atoms with E-state index in [4.69, 9.17) is 4.74 Å². The summed E-state index contributed by atoms with van der Waals surface area (Å²) in [6, 6.07) is 6.35. The predicted molar refractivity (Wildman–Crippen MR) is 79.2 cm³/mol. The second-order valence-electron chi connectivity index (χ2n) is 4.52. The highest BCUT2D eigenvalue weighted by molar-refractivity contribution is 5.76. The van der Waals surface area contributed by atoms with Crippen molar-refractivity contribution < 1.29 is 14.5 Å². The third-order valence-corrected chi connectivity index (χ3v) is 2.87. The third-order valence-electron chi connectivity index (χ3n) is 2.87. The number of methoxy groups -OCH3 is 1. The molecular formula is C14H21N3O4. The van der Waals surface area contributed by atoms with Crippen molar-refractivity contribution in [1.29, 1.82) is 0 Å². The van der Waals surface area contributed by atoms with E-state index in [2.05, 4.69) is 10.6 Å². The fourth-order valence-corrected chi connectivity index (χ4v) is 1.76. The van der Waals surface area contributed by atoms with Gasteiger partial charge in [-0.25, -0.2) is 0 Å². The van der Waals surface area contributed by atoms with Crippen molar-refractivity contribution >= 4 is 11.6 Å². The maximum atomic E-state index is 11.6. The summed E-state index contributed by atoms with van der Waals surface area (Å²) in [6.45, 7) is 2.63. The zero-order valence-corrected chi connectivity index (χ0v) is 12.1. The maximum absolute atomic E-state index is 11.6. The van der Waals surface area contributed by atoms with Crippen LogP contribution in [-0.2, 0) is 16.0 Å². The molecule has 1 rings (SSSR count). The largest absolute Gasteiger partial charge is 0.383 e. The number of nitro groups is 1. The van der Waals surface area contributed by atoms with Crippen molar-refractivity contribution in [3.63, 3.8) is 0 Å². The number of nitro benzene ring substituents is 1. The molecule has 0 aliphatic carbocycles. The van der Waals surface area contributed by atoms with Crippen LogP contribution in [0.2, 0.25) is 0 Å². The Hall–Kier alpha value is -1.99. The van der Waals surface area contributed by atoms with E-state index >= 15 is 0 Å². The van der Waals surface area contributed by atoms with Gasteiger partial charge in [-0.2, -0.15) is 0 Å². The molecule has 0 fully saturated rings. The number of rotatable bonds is 10. The topological polar surface area (TPSA) is 93.5 Å². The first kappa shape index (κ1) is 17.1. The molecule has 1 amide bonds. The highest BCUT2D eigenvalue weighted by Crippen LogP contribution is 2.14. The van der Waals surface area contributed by atoms with Gasteiger partial charge in [0.25, 0.3) is 5.69 Å². The first-order valence-corrected chi connectivity index (χ1v) is 6.83. The van der Waals surface area contributed by atoms with Crippen LogP contribution in [0.4, 0.5) is 5.69 Å². The molecule has 0 unspecified atom stereocenters. The Bertz CT molecular complexity index is 465. The summed E-state index contributed by atoms with van der Waals surface area (Å²) in [4.78, 5) is 21.8. The lowest BCUT2D eigenvalue weighted by molar-refractivity contribution is -0.384. The highest BCUT2D eigenvalue weighted by Gasteiger charge is 2.07. The van der Waals surface area contributed by atoms with Crippen LogP contribution in [0, 0.1) is 10.1 Å². The number of amides is 1. The van der Waals surface area contributed by atoms with Crippen LogP contribution < -0.4 is 10.6 Å². The Balaban J connectivity index is 2.21. The van der Waals surface area contributed by atoms with Gasteiger partial charge in [0.1, 0.15) is 0 Å². The molecule has 0 heterocycles. The van der Waals surface area contributed by atoms with E-state index in [0.29, 0.717) is 32.5 Å². The average Bonchev–Trinajstić information content (AvgIpc) is 2.49. The molecule has 7 heteroatoms. The molecule has 0 radical (unpaired) electrons. The van der Waals surface area contributed by atoms with Crippen LogP contribution in [0.3, 0.4) is 0 Å². The van der Waals surface area contributed by atoms with E-state index in [1.807, 2.05) is 0 Å². The average molecular weight is 295 g/mol. The number of ether oxygens (including phenoxy) is 1. The minimum Gasteiger partial charge on any atom is -0.383 e. The zero-order chi connectivity index (χ0) is 15.5. The molecule has 21 heavy (non-hydrogen) atoms.